The van der Waals surface area contributed by atoms with Gasteiger partial charge in [-0.05, 0) is 37.6 Å². The topological polar surface area (TPSA) is 76.5 Å². The number of ether oxygens (including phenoxy) is 1. The highest BCUT2D eigenvalue weighted by molar-refractivity contribution is 5.98. The summed E-state index contributed by atoms with van der Waals surface area (Å²) in [4.78, 5) is 30.6. The van der Waals surface area contributed by atoms with Crippen LogP contribution in [0, 0.1) is 6.92 Å². The molecule has 2 aromatic carbocycles. The molecule has 1 aromatic heterocycles. The number of hydrogen-bond donors (Lipinski definition) is 1. The first-order chi connectivity index (χ1) is 14.1. The summed E-state index contributed by atoms with van der Waals surface area (Å²) in [6.07, 6.45) is 1.07. The van der Waals surface area contributed by atoms with Gasteiger partial charge in [-0.3, -0.25) is 9.59 Å². The van der Waals surface area contributed by atoms with Crippen LogP contribution in [-0.4, -0.2) is 41.1 Å². The fourth-order valence-corrected chi connectivity index (χ4v) is 3.64. The van der Waals surface area contributed by atoms with Crippen LogP contribution in [0.4, 0.5) is 5.69 Å². The molecule has 4 rings (SSSR count). The molecule has 0 bridgehead atoms. The molecule has 0 atom stereocenters. The summed E-state index contributed by atoms with van der Waals surface area (Å²) in [7, 11) is 0. The minimum absolute atomic E-state index is 0.0108. The van der Waals surface area contributed by atoms with E-state index >= 15 is 0 Å². The van der Waals surface area contributed by atoms with Gasteiger partial charge in [-0.1, -0.05) is 24.3 Å². The summed E-state index contributed by atoms with van der Waals surface area (Å²) in [6, 6.07) is 15.4. The SMILES string of the molecule is Cc1nc2ccccc2n1CCCNC(=O)CCN1C(=O)COc2ccccc21. The molecule has 29 heavy (non-hydrogen) atoms. The number of para-hydroxylation sites is 4. The predicted molar refractivity (Wildman–Crippen MR) is 111 cm³/mol. The van der Waals surface area contributed by atoms with Gasteiger partial charge in [0, 0.05) is 26.1 Å². The van der Waals surface area contributed by atoms with Crippen molar-refractivity contribution in [1.82, 2.24) is 14.9 Å². The number of imidazole rings is 1. The smallest absolute Gasteiger partial charge is 0.265 e. The third-order valence-corrected chi connectivity index (χ3v) is 5.10. The van der Waals surface area contributed by atoms with Gasteiger partial charge in [0.05, 0.1) is 16.7 Å². The monoisotopic (exact) mass is 392 g/mol. The molecular weight excluding hydrogens is 368 g/mol. The molecule has 2 heterocycles. The number of fused-ring (bicyclic) bond motifs is 2. The van der Waals surface area contributed by atoms with E-state index in [1.54, 1.807) is 4.90 Å². The van der Waals surface area contributed by atoms with E-state index in [9.17, 15) is 9.59 Å². The Morgan fingerprint density at radius 3 is 2.83 bits per heavy atom. The zero-order valence-corrected chi connectivity index (χ0v) is 16.4. The first-order valence-corrected chi connectivity index (χ1v) is 9.84. The number of hydrogen-bond acceptors (Lipinski definition) is 4. The number of carbonyl (C=O) groups excluding carboxylic acids is 2. The fraction of sp³-hybridized carbons (Fsp3) is 0.318. The van der Waals surface area contributed by atoms with Gasteiger partial charge in [0.25, 0.3) is 5.91 Å². The van der Waals surface area contributed by atoms with Gasteiger partial charge in [-0.25, -0.2) is 4.98 Å². The van der Waals surface area contributed by atoms with Crippen LogP contribution >= 0.6 is 0 Å². The van der Waals surface area contributed by atoms with Gasteiger partial charge < -0.3 is 19.5 Å². The van der Waals surface area contributed by atoms with Crippen LogP contribution < -0.4 is 15.0 Å². The molecule has 0 saturated carbocycles. The average molecular weight is 392 g/mol. The third kappa shape index (κ3) is 4.08. The number of aryl methyl sites for hydroxylation is 2. The predicted octanol–water partition coefficient (Wildman–Crippen LogP) is 2.67. The van der Waals surface area contributed by atoms with Crippen LogP contribution in [0.5, 0.6) is 5.75 Å². The standard InChI is InChI=1S/C22H24N4O3/c1-16-24-17-7-2-3-8-18(17)25(16)13-6-12-23-21(27)11-14-26-19-9-4-5-10-20(19)29-15-22(26)28/h2-5,7-10H,6,11-15H2,1H3,(H,23,27). The second kappa shape index (κ2) is 8.34. The van der Waals surface area contributed by atoms with Crippen LogP contribution in [0.2, 0.25) is 0 Å². The molecule has 1 aliphatic heterocycles. The lowest BCUT2D eigenvalue weighted by Crippen LogP contribution is -2.41. The van der Waals surface area contributed by atoms with Gasteiger partial charge in [0.1, 0.15) is 11.6 Å². The summed E-state index contributed by atoms with van der Waals surface area (Å²) in [5.74, 6) is 1.46. The van der Waals surface area contributed by atoms with Crippen molar-refractivity contribution in [3.63, 3.8) is 0 Å². The fourth-order valence-electron chi connectivity index (χ4n) is 3.64. The molecule has 1 aliphatic rings. The molecule has 0 radical (unpaired) electrons. The first-order valence-electron chi connectivity index (χ1n) is 9.84. The maximum absolute atomic E-state index is 12.2. The summed E-state index contributed by atoms with van der Waals surface area (Å²) >= 11 is 0. The first kappa shape index (κ1) is 19.0. The van der Waals surface area contributed by atoms with Crippen molar-refractivity contribution in [2.75, 3.05) is 24.6 Å². The molecule has 2 amide bonds. The van der Waals surface area contributed by atoms with Crippen molar-refractivity contribution in [3.05, 3.63) is 54.4 Å². The Balaban J connectivity index is 1.26. The highest BCUT2D eigenvalue weighted by Crippen LogP contribution is 2.31. The van der Waals surface area contributed by atoms with E-state index in [0.29, 0.717) is 18.8 Å². The van der Waals surface area contributed by atoms with Crippen LogP contribution in [0.1, 0.15) is 18.7 Å². The number of aromatic nitrogens is 2. The summed E-state index contributed by atoms with van der Waals surface area (Å²) < 4.78 is 7.60. The normalized spacial score (nSPS) is 13.3. The van der Waals surface area contributed by atoms with Crippen molar-refractivity contribution >= 4 is 28.5 Å². The second-order valence-electron chi connectivity index (χ2n) is 7.05. The van der Waals surface area contributed by atoms with E-state index in [2.05, 4.69) is 20.9 Å². The highest BCUT2D eigenvalue weighted by Gasteiger charge is 2.25. The van der Waals surface area contributed by atoms with Crippen molar-refractivity contribution in [2.45, 2.75) is 26.3 Å². The van der Waals surface area contributed by atoms with Crippen LogP contribution in [0.3, 0.4) is 0 Å². The van der Waals surface area contributed by atoms with E-state index < -0.39 is 0 Å². The van der Waals surface area contributed by atoms with E-state index in [1.807, 2.05) is 49.4 Å². The van der Waals surface area contributed by atoms with E-state index in [0.717, 1.165) is 35.5 Å². The molecule has 7 heteroatoms. The Hall–Kier alpha value is -3.35. The molecule has 0 fully saturated rings. The minimum atomic E-state index is -0.126. The number of nitrogens with one attached hydrogen (secondary N) is 1. The number of rotatable bonds is 7. The van der Waals surface area contributed by atoms with Gasteiger partial charge in [-0.15, -0.1) is 0 Å². The molecule has 0 aliphatic carbocycles. The van der Waals surface area contributed by atoms with E-state index in [1.165, 1.54) is 0 Å². The summed E-state index contributed by atoms with van der Waals surface area (Å²) in [6.45, 7) is 3.73. The summed E-state index contributed by atoms with van der Waals surface area (Å²) in [5.41, 5.74) is 2.82. The number of nitrogens with zero attached hydrogens (tertiary/aromatic N) is 3. The highest BCUT2D eigenvalue weighted by atomic mass is 16.5. The lowest BCUT2D eigenvalue weighted by Gasteiger charge is -2.29. The van der Waals surface area contributed by atoms with Gasteiger partial charge in [0.15, 0.2) is 6.61 Å². The van der Waals surface area contributed by atoms with Gasteiger partial charge in [0.2, 0.25) is 5.91 Å². The van der Waals surface area contributed by atoms with Gasteiger partial charge >= 0.3 is 0 Å². The number of amides is 2. The average Bonchev–Trinajstić information content (AvgIpc) is 3.05. The lowest BCUT2D eigenvalue weighted by atomic mass is 10.2. The van der Waals surface area contributed by atoms with Crippen LogP contribution in [0.25, 0.3) is 11.0 Å². The molecule has 1 N–H and O–H groups in total. The Labute approximate surface area is 169 Å². The maximum Gasteiger partial charge on any atom is 0.265 e. The Kier molecular flexibility index (Phi) is 5.46. The quantitative estimate of drug-likeness (QED) is 0.627. The van der Waals surface area contributed by atoms with Crippen LogP contribution in [-0.2, 0) is 16.1 Å². The lowest BCUT2D eigenvalue weighted by molar-refractivity contribution is -0.122. The third-order valence-electron chi connectivity index (χ3n) is 5.10. The number of anilines is 1. The Morgan fingerprint density at radius 1 is 1.14 bits per heavy atom. The number of benzene rings is 2. The van der Waals surface area contributed by atoms with Crippen molar-refractivity contribution < 1.29 is 14.3 Å². The summed E-state index contributed by atoms with van der Waals surface area (Å²) in [5, 5.41) is 2.95. The van der Waals surface area contributed by atoms with E-state index in [4.69, 9.17) is 4.74 Å². The molecule has 7 nitrogen and oxygen atoms in total. The molecule has 0 spiro atoms. The van der Waals surface area contributed by atoms with Crippen molar-refractivity contribution in [1.29, 1.82) is 0 Å². The van der Waals surface area contributed by atoms with Crippen molar-refractivity contribution in [2.24, 2.45) is 0 Å². The molecule has 0 saturated heterocycles. The molecule has 3 aromatic rings. The Bertz CT molecular complexity index is 1040. The van der Waals surface area contributed by atoms with Gasteiger partial charge in [-0.2, -0.15) is 0 Å². The number of carbonyl (C=O) groups is 2. The minimum Gasteiger partial charge on any atom is -0.482 e. The molecular formula is C22H24N4O3. The second-order valence-corrected chi connectivity index (χ2v) is 7.05. The largest absolute Gasteiger partial charge is 0.482 e. The van der Waals surface area contributed by atoms with Crippen molar-refractivity contribution in [3.8, 4) is 5.75 Å². The van der Waals surface area contributed by atoms with Crippen LogP contribution in [0.15, 0.2) is 48.5 Å². The maximum atomic E-state index is 12.2. The van der Waals surface area contributed by atoms with E-state index in [-0.39, 0.29) is 24.8 Å². The Morgan fingerprint density at radius 2 is 1.93 bits per heavy atom. The zero-order chi connectivity index (χ0) is 20.2. The molecule has 150 valence electrons. The zero-order valence-electron chi connectivity index (χ0n) is 16.4. The molecule has 0 unspecified atom stereocenters.